The van der Waals surface area contributed by atoms with Crippen molar-refractivity contribution in [3.05, 3.63) is 34.3 Å². The van der Waals surface area contributed by atoms with Crippen LogP contribution in [0.15, 0.2) is 28.7 Å². The van der Waals surface area contributed by atoms with Crippen molar-refractivity contribution >= 4 is 15.9 Å². The average molecular weight is 287 g/mol. The van der Waals surface area contributed by atoms with Crippen LogP contribution in [0, 0.1) is 0 Å². The molecule has 0 aromatic heterocycles. The average Bonchev–Trinajstić information content (AvgIpc) is 2.31. The lowest BCUT2D eigenvalue weighted by molar-refractivity contribution is 0.160. The molecule has 0 bridgehead atoms. The van der Waals surface area contributed by atoms with Crippen molar-refractivity contribution in [2.24, 2.45) is 5.73 Å². The second-order valence-corrected chi connectivity index (χ2v) is 4.57. The number of rotatable bonds is 6. The molecule has 1 atom stereocenters. The van der Waals surface area contributed by atoms with Crippen LogP contribution in [0.2, 0.25) is 0 Å². The van der Waals surface area contributed by atoms with Gasteiger partial charge in [0.1, 0.15) is 0 Å². The molecular weight excluding hydrogens is 268 g/mol. The molecule has 90 valence electrons. The largest absolute Gasteiger partial charge is 0.395 e. The van der Waals surface area contributed by atoms with Gasteiger partial charge in [0, 0.05) is 23.6 Å². The van der Waals surface area contributed by atoms with Gasteiger partial charge in [0.25, 0.3) is 0 Å². The summed E-state index contributed by atoms with van der Waals surface area (Å²) in [6.07, 6.45) is 0. The minimum absolute atomic E-state index is 0.168. The number of nitrogens with zero attached hydrogens (tertiary/aromatic N) is 1. The summed E-state index contributed by atoms with van der Waals surface area (Å²) in [6, 6.07) is 8.36. The van der Waals surface area contributed by atoms with Crippen LogP contribution in [0.25, 0.3) is 0 Å². The van der Waals surface area contributed by atoms with Crippen LogP contribution in [0.3, 0.4) is 0 Å². The second kappa shape index (κ2) is 7.01. The fraction of sp³-hybridized carbons (Fsp3) is 0.500. The highest BCUT2D eigenvalue weighted by Crippen LogP contribution is 2.21. The third-order valence-corrected chi connectivity index (χ3v) is 3.24. The molecule has 1 unspecified atom stereocenters. The molecule has 0 saturated heterocycles. The van der Waals surface area contributed by atoms with Gasteiger partial charge in [-0.3, -0.25) is 4.90 Å². The third-order valence-electron chi connectivity index (χ3n) is 2.71. The van der Waals surface area contributed by atoms with E-state index >= 15 is 0 Å². The van der Waals surface area contributed by atoms with Crippen LogP contribution in [-0.2, 0) is 0 Å². The Kier molecular flexibility index (Phi) is 5.98. The summed E-state index contributed by atoms with van der Waals surface area (Å²) in [5.74, 6) is 0. The van der Waals surface area contributed by atoms with Gasteiger partial charge in [-0.2, -0.15) is 0 Å². The maximum absolute atomic E-state index is 9.01. The molecule has 0 spiro atoms. The summed E-state index contributed by atoms with van der Waals surface area (Å²) < 4.78 is 1.07. The van der Waals surface area contributed by atoms with Gasteiger partial charge in [-0.05, 0) is 24.2 Å². The molecule has 16 heavy (non-hydrogen) atoms. The summed E-state index contributed by atoms with van der Waals surface area (Å²) >= 11 is 3.42. The molecule has 1 aromatic rings. The molecule has 3 nitrogen and oxygen atoms in total. The standard InChI is InChI=1S/C12H19BrN2O/c1-2-15(7-8-16)12(9-14)10-3-5-11(13)6-4-10/h3-6,12,16H,2,7-9,14H2,1H3. The van der Waals surface area contributed by atoms with Crippen LogP contribution < -0.4 is 5.73 Å². The first-order valence-electron chi connectivity index (χ1n) is 5.53. The van der Waals surface area contributed by atoms with Crippen molar-refractivity contribution in [2.75, 3.05) is 26.2 Å². The van der Waals surface area contributed by atoms with Crippen molar-refractivity contribution in [3.8, 4) is 0 Å². The first-order chi connectivity index (χ1) is 7.72. The molecule has 0 heterocycles. The zero-order valence-electron chi connectivity index (χ0n) is 9.56. The third kappa shape index (κ3) is 3.56. The summed E-state index contributed by atoms with van der Waals surface area (Å²) in [7, 11) is 0. The summed E-state index contributed by atoms with van der Waals surface area (Å²) in [4.78, 5) is 2.18. The predicted molar refractivity (Wildman–Crippen MR) is 70.3 cm³/mol. The van der Waals surface area contributed by atoms with Crippen LogP contribution in [0.4, 0.5) is 0 Å². The Balaban J connectivity index is 2.83. The highest BCUT2D eigenvalue weighted by atomic mass is 79.9. The molecular formula is C12H19BrN2O. The quantitative estimate of drug-likeness (QED) is 0.838. The molecule has 1 aromatic carbocycles. The lowest BCUT2D eigenvalue weighted by Gasteiger charge is -2.29. The van der Waals surface area contributed by atoms with Crippen molar-refractivity contribution in [2.45, 2.75) is 13.0 Å². The molecule has 0 aliphatic carbocycles. The monoisotopic (exact) mass is 286 g/mol. The Morgan fingerprint density at radius 2 is 2.00 bits per heavy atom. The smallest absolute Gasteiger partial charge is 0.0558 e. The van der Waals surface area contributed by atoms with E-state index in [9.17, 15) is 0 Å². The zero-order chi connectivity index (χ0) is 12.0. The van der Waals surface area contributed by atoms with Gasteiger partial charge in [-0.1, -0.05) is 35.0 Å². The fourth-order valence-electron chi connectivity index (χ4n) is 1.84. The normalized spacial score (nSPS) is 13.1. The number of halogens is 1. The maximum Gasteiger partial charge on any atom is 0.0558 e. The van der Waals surface area contributed by atoms with E-state index in [0.717, 1.165) is 11.0 Å². The van der Waals surface area contributed by atoms with Crippen LogP contribution in [0.5, 0.6) is 0 Å². The van der Waals surface area contributed by atoms with Crippen LogP contribution >= 0.6 is 15.9 Å². The van der Waals surface area contributed by atoms with Gasteiger partial charge in [0.15, 0.2) is 0 Å². The van der Waals surface area contributed by atoms with Crippen molar-refractivity contribution < 1.29 is 5.11 Å². The first kappa shape index (κ1) is 13.6. The molecule has 0 fully saturated rings. The molecule has 4 heteroatoms. The van der Waals surface area contributed by atoms with E-state index in [1.165, 1.54) is 5.56 Å². The van der Waals surface area contributed by atoms with E-state index in [1.807, 2.05) is 12.1 Å². The minimum atomic E-state index is 0.168. The van der Waals surface area contributed by atoms with Gasteiger partial charge < -0.3 is 10.8 Å². The van der Waals surface area contributed by atoms with E-state index in [2.05, 4.69) is 39.9 Å². The summed E-state index contributed by atoms with van der Waals surface area (Å²) in [5, 5.41) is 9.01. The summed E-state index contributed by atoms with van der Waals surface area (Å²) in [5.41, 5.74) is 7.01. The first-order valence-corrected chi connectivity index (χ1v) is 6.32. The lowest BCUT2D eigenvalue weighted by atomic mass is 10.1. The Labute approximate surface area is 105 Å². The molecule has 0 aliphatic rings. The maximum atomic E-state index is 9.01. The van der Waals surface area contributed by atoms with Gasteiger partial charge in [0.2, 0.25) is 0 Å². The molecule has 0 radical (unpaired) electrons. The summed E-state index contributed by atoms with van der Waals surface area (Å²) in [6.45, 7) is 4.36. The molecule has 0 aliphatic heterocycles. The lowest BCUT2D eigenvalue weighted by Crippen LogP contribution is -2.35. The fourth-order valence-corrected chi connectivity index (χ4v) is 2.11. The van der Waals surface area contributed by atoms with Gasteiger partial charge in [-0.15, -0.1) is 0 Å². The Morgan fingerprint density at radius 1 is 1.38 bits per heavy atom. The topological polar surface area (TPSA) is 49.5 Å². The van der Waals surface area contributed by atoms with E-state index in [0.29, 0.717) is 13.1 Å². The highest BCUT2D eigenvalue weighted by Gasteiger charge is 2.16. The van der Waals surface area contributed by atoms with E-state index in [1.54, 1.807) is 0 Å². The Bertz CT molecular complexity index is 302. The molecule has 3 N–H and O–H groups in total. The van der Waals surface area contributed by atoms with Crippen LogP contribution in [-0.4, -0.2) is 36.2 Å². The Hall–Kier alpha value is -0.420. The number of hydrogen-bond donors (Lipinski definition) is 2. The highest BCUT2D eigenvalue weighted by molar-refractivity contribution is 9.10. The van der Waals surface area contributed by atoms with Crippen molar-refractivity contribution in [3.63, 3.8) is 0 Å². The van der Waals surface area contributed by atoms with E-state index < -0.39 is 0 Å². The zero-order valence-corrected chi connectivity index (χ0v) is 11.2. The molecule has 1 rings (SSSR count). The number of aliphatic hydroxyl groups excluding tert-OH is 1. The number of hydrogen-bond acceptors (Lipinski definition) is 3. The molecule has 0 amide bonds. The Morgan fingerprint density at radius 3 is 2.44 bits per heavy atom. The van der Waals surface area contributed by atoms with Gasteiger partial charge in [0.05, 0.1) is 6.61 Å². The number of likely N-dealkylation sites (N-methyl/N-ethyl adjacent to an activating group) is 1. The van der Waals surface area contributed by atoms with E-state index in [4.69, 9.17) is 10.8 Å². The van der Waals surface area contributed by atoms with E-state index in [-0.39, 0.29) is 12.6 Å². The number of nitrogens with two attached hydrogens (primary N) is 1. The van der Waals surface area contributed by atoms with Crippen molar-refractivity contribution in [1.29, 1.82) is 0 Å². The van der Waals surface area contributed by atoms with Gasteiger partial charge >= 0.3 is 0 Å². The van der Waals surface area contributed by atoms with Crippen molar-refractivity contribution in [1.82, 2.24) is 4.90 Å². The number of aliphatic hydroxyl groups is 1. The molecule has 0 saturated carbocycles. The second-order valence-electron chi connectivity index (χ2n) is 3.66. The van der Waals surface area contributed by atoms with Crippen LogP contribution in [0.1, 0.15) is 18.5 Å². The minimum Gasteiger partial charge on any atom is -0.395 e. The van der Waals surface area contributed by atoms with Gasteiger partial charge in [-0.25, -0.2) is 0 Å². The predicted octanol–water partition coefficient (Wildman–Crippen LogP) is 1.76. The number of benzene rings is 1. The SMILES string of the molecule is CCN(CCO)C(CN)c1ccc(Br)cc1.